The molecule has 1 heterocycles. The minimum absolute atomic E-state index is 0.250. The van der Waals surface area contributed by atoms with Gasteiger partial charge in [-0.05, 0) is 24.3 Å². The van der Waals surface area contributed by atoms with E-state index in [-0.39, 0.29) is 6.54 Å². The molecule has 2 rings (SSSR count). The molecule has 0 radical (unpaired) electrons. The number of nitrogens with zero attached hydrogens (tertiary/aromatic N) is 2. The Morgan fingerprint density at radius 3 is 2.75 bits per heavy atom. The van der Waals surface area contributed by atoms with Crippen molar-refractivity contribution in [3.05, 3.63) is 47.6 Å². The molecule has 4 nitrogen and oxygen atoms in total. The van der Waals surface area contributed by atoms with E-state index in [9.17, 15) is 0 Å². The van der Waals surface area contributed by atoms with Crippen molar-refractivity contribution < 1.29 is 9.15 Å². The van der Waals surface area contributed by atoms with Crippen molar-refractivity contribution in [3.8, 4) is 17.2 Å². The van der Waals surface area contributed by atoms with Crippen LogP contribution in [0.2, 0.25) is 0 Å². The van der Waals surface area contributed by atoms with Gasteiger partial charge in [0.1, 0.15) is 12.0 Å². The van der Waals surface area contributed by atoms with E-state index < -0.39 is 0 Å². The Morgan fingerprint density at radius 1 is 1.38 bits per heavy atom. The Labute approximate surface area is 93.3 Å². The Balaban J connectivity index is 2.25. The summed E-state index contributed by atoms with van der Waals surface area (Å²) in [6.07, 6.45) is 1.51. The summed E-state index contributed by atoms with van der Waals surface area (Å²) in [4.78, 5) is 7.45. The van der Waals surface area contributed by atoms with Crippen LogP contribution >= 0.6 is 0 Å². The normalized spacial score (nSPS) is 9.75. The van der Waals surface area contributed by atoms with Gasteiger partial charge in [0.15, 0.2) is 5.69 Å². The summed E-state index contributed by atoms with van der Waals surface area (Å²) in [6.45, 7) is 6.98. The molecule has 80 valence electrons. The zero-order valence-electron chi connectivity index (χ0n) is 8.80. The molecule has 0 spiro atoms. The monoisotopic (exact) mass is 214 g/mol. The number of benzene rings is 1. The maximum atomic E-state index is 6.73. The molecule has 0 aliphatic rings. The van der Waals surface area contributed by atoms with E-state index in [4.69, 9.17) is 15.7 Å². The third-order valence-electron chi connectivity index (χ3n) is 2.13. The average Bonchev–Trinajstić information content (AvgIpc) is 2.78. The van der Waals surface area contributed by atoms with Crippen molar-refractivity contribution in [3.63, 3.8) is 0 Å². The Morgan fingerprint density at radius 2 is 2.12 bits per heavy atom. The van der Waals surface area contributed by atoms with E-state index in [1.807, 2.05) is 24.3 Å². The van der Waals surface area contributed by atoms with Crippen LogP contribution in [0.15, 0.2) is 34.9 Å². The van der Waals surface area contributed by atoms with Crippen LogP contribution in [0.4, 0.5) is 0 Å². The van der Waals surface area contributed by atoms with Crippen LogP contribution in [-0.4, -0.2) is 12.1 Å². The van der Waals surface area contributed by atoms with Crippen molar-refractivity contribution in [1.82, 2.24) is 4.98 Å². The fourth-order valence-corrected chi connectivity index (χ4v) is 1.33. The summed E-state index contributed by atoms with van der Waals surface area (Å²) in [5.74, 6) is 1.32. The molecule has 2 aromatic rings. The molecule has 0 saturated carbocycles. The molecule has 0 fully saturated rings. The van der Waals surface area contributed by atoms with Gasteiger partial charge >= 0.3 is 0 Å². The Bertz CT molecular complexity index is 509. The number of hydrogen-bond acceptors (Lipinski definition) is 3. The van der Waals surface area contributed by atoms with Gasteiger partial charge in [0.05, 0.1) is 7.11 Å². The van der Waals surface area contributed by atoms with E-state index >= 15 is 0 Å². The summed E-state index contributed by atoms with van der Waals surface area (Å²) in [7, 11) is 1.62. The number of oxazole rings is 1. The third-order valence-corrected chi connectivity index (χ3v) is 2.13. The molecule has 0 unspecified atom stereocenters. The van der Waals surface area contributed by atoms with Gasteiger partial charge in [-0.3, -0.25) is 0 Å². The predicted octanol–water partition coefficient (Wildman–Crippen LogP) is 2.77. The summed E-state index contributed by atoms with van der Waals surface area (Å²) in [5, 5.41) is 0. The molecular formula is C12H10N2O2. The smallest absolute Gasteiger partial charge is 0.259 e. The quantitative estimate of drug-likeness (QED) is 0.737. The lowest BCUT2D eigenvalue weighted by Crippen LogP contribution is -1.83. The van der Waals surface area contributed by atoms with E-state index in [1.54, 1.807) is 7.11 Å². The topological polar surface area (TPSA) is 39.6 Å². The van der Waals surface area contributed by atoms with Crippen LogP contribution in [0.1, 0.15) is 5.69 Å². The largest absolute Gasteiger partial charge is 0.497 e. The van der Waals surface area contributed by atoms with Gasteiger partial charge in [0.2, 0.25) is 5.89 Å². The number of ether oxygens (including phenoxy) is 1. The van der Waals surface area contributed by atoms with Crippen LogP contribution in [0.25, 0.3) is 16.3 Å². The van der Waals surface area contributed by atoms with Crippen LogP contribution < -0.4 is 4.74 Å². The van der Waals surface area contributed by atoms with Crippen LogP contribution in [-0.2, 0) is 6.54 Å². The molecule has 0 amide bonds. The molecule has 16 heavy (non-hydrogen) atoms. The van der Waals surface area contributed by atoms with Crippen molar-refractivity contribution in [2.45, 2.75) is 6.54 Å². The SMILES string of the molecule is [C-]#[N+]Cc1coc(-c2ccc(OC)cc2)n1. The van der Waals surface area contributed by atoms with Gasteiger partial charge in [-0.1, -0.05) is 0 Å². The van der Waals surface area contributed by atoms with Crippen LogP contribution in [0.5, 0.6) is 5.75 Å². The number of aromatic nitrogens is 1. The average molecular weight is 214 g/mol. The Kier molecular flexibility index (Phi) is 2.88. The standard InChI is InChI=1S/C12H10N2O2/c1-13-7-10-8-16-12(14-10)9-3-5-11(15-2)6-4-9/h3-6,8H,7H2,2H3. The van der Waals surface area contributed by atoms with E-state index in [0.717, 1.165) is 11.3 Å². The van der Waals surface area contributed by atoms with E-state index in [0.29, 0.717) is 11.6 Å². The fraction of sp³-hybridized carbons (Fsp3) is 0.167. The molecule has 4 heteroatoms. The Hall–Kier alpha value is -2.28. The first kappa shape index (κ1) is 10.2. The zero-order valence-corrected chi connectivity index (χ0v) is 8.80. The van der Waals surface area contributed by atoms with Crippen LogP contribution in [0, 0.1) is 6.57 Å². The second-order valence-electron chi connectivity index (χ2n) is 3.19. The summed E-state index contributed by atoms with van der Waals surface area (Å²) < 4.78 is 10.3. The third kappa shape index (κ3) is 2.04. The number of rotatable bonds is 3. The molecule has 0 saturated heterocycles. The molecule has 1 aromatic heterocycles. The molecule has 1 aromatic carbocycles. The van der Waals surface area contributed by atoms with Gasteiger partial charge < -0.3 is 14.0 Å². The highest BCUT2D eigenvalue weighted by molar-refractivity contribution is 5.54. The molecule has 0 aliphatic heterocycles. The maximum absolute atomic E-state index is 6.73. The van der Waals surface area contributed by atoms with Gasteiger partial charge in [-0.2, -0.15) is 0 Å². The zero-order chi connectivity index (χ0) is 11.4. The first-order valence-electron chi connectivity index (χ1n) is 4.75. The lowest BCUT2D eigenvalue weighted by molar-refractivity contribution is 0.415. The van der Waals surface area contributed by atoms with E-state index in [2.05, 4.69) is 9.83 Å². The molecule has 0 aliphatic carbocycles. The first-order valence-corrected chi connectivity index (χ1v) is 4.75. The number of hydrogen-bond donors (Lipinski definition) is 0. The first-order chi connectivity index (χ1) is 7.83. The summed E-state index contributed by atoms with van der Waals surface area (Å²) >= 11 is 0. The highest BCUT2D eigenvalue weighted by Crippen LogP contribution is 2.21. The summed E-state index contributed by atoms with van der Waals surface area (Å²) in [5.41, 5.74) is 1.53. The predicted molar refractivity (Wildman–Crippen MR) is 58.8 cm³/mol. The molecular weight excluding hydrogens is 204 g/mol. The van der Waals surface area contributed by atoms with Crippen molar-refractivity contribution >= 4 is 0 Å². The maximum Gasteiger partial charge on any atom is 0.259 e. The molecule has 0 bridgehead atoms. The van der Waals surface area contributed by atoms with Gasteiger partial charge in [-0.15, -0.1) is 0 Å². The number of methoxy groups -OCH3 is 1. The van der Waals surface area contributed by atoms with Crippen molar-refractivity contribution in [2.75, 3.05) is 7.11 Å². The molecule has 0 N–H and O–H groups in total. The van der Waals surface area contributed by atoms with Gasteiger partial charge in [-0.25, -0.2) is 11.6 Å². The summed E-state index contributed by atoms with van der Waals surface area (Å²) in [6, 6.07) is 7.42. The minimum atomic E-state index is 0.250. The van der Waals surface area contributed by atoms with Gasteiger partial charge in [0.25, 0.3) is 6.54 Å². The van der Waals surface area contributed by atoms with E-state index in [1.165, 1.54) is 6.26 Å². The fourth-order valence-electron chi connectivity index (χ4n) is 1.33. The second kappa shape index (κ2) is 4.49. The van der Waals surface area contributed by atoms with Crippen molar-refractivity contribution in [1.29, 1.82) is 0 Å². The van der Waals surface area contributed by atoms with Crippen LogP contribution in [0.3, 0.4) is 0 Å². The second-order valence-corrected chi connectivity index (χ2v) is 3.19. The lowest BCUT2D eigenvalue weighted by atomic mass is 10.2. The lowest BCUT2D eigenvalue weighted by Gasteiger charge is -1.99. The highest BCUT2D eigenvalue weighted by Gasteiger charge is 2.07. The minimum Gasteiger partial charge on any atom is -0.497 e. The van der Waals surface area contributed by atoms with Crippen molar-refractivity contribution in [2.24, 2.45) is 0 Å². The highest BCUT2D eigenvalue weighted by atomic mass is 16.5. The molecule has 0 atom stereocenters. The van der Waals surface area contributed by atoms with Gasteiger partial charge in [0, 0.05) is 5.56 Å².